The molecule has 0 radical (unpaired) electrons. The first kappa shape index (κ1) is 19.8. The molecule has 10 heteroatoms. The number of imidazole rings is 1. The van der Waals surface area contributed by atoms with E-state index in [-0.39, 0.29) is 23.3 Å². The van der Waals surface area contributed by atoms with Crippen LogP contribution >= 0.6 is 23.4 Å². The zero-order chi connectivity index (χ0) is 20.1. The Morgan fingerprint density at radius 2 is 2.04 bits per heavy atom. The molecule has 0 spiro atoms. The normalized spacial score (nSPS) is 10.5. The van der Waals surface area contributed by atoms with E-state index in [2.05, 4.69) is 25.8 Å². The Morgan fingerprint density at radius 1 is 1.21 bits per heavy atom. The van der Waals surface area contributed by atoms with Crippen LogP contribution in [0.1, 0.15) is 16.1 Å². The van der Waals surface area contributed by atoms with Crippen LogP contribution in [0.4, 0.5) is 5.69 Å². The lowest BCUT2D eigenvalue weighted by Crippen LogP contribution is -2.18. The van der Waals surface area contributed by atoms with Crippen molar-refractivity contribution < 1.29 is 9.59 Å². The van der Waals surface area contributed by atoms with E-state index >= 15 is 0 Å². The van der Waals surface area contributed by atoms with Gasteiger partial charge in [0.2, 0.25) is 5.91 Å². The van der Waals surface area contributed by atoms with Gasteiger partial charge in [-0.05, 0) is 36.8 Å². The van der Waals surface area contributed by atoms with Crippen LogP contribution in [0.5, 0.6) is 0 Å². The van der Waals surface area contributed by atoms with Gasteiger partial charge in [0.15, 0.2) is 5.82 Å². The Bertz CT molecular complexity index is 1010. The number of rotatable bonds is 6. The van der Waals surface area contributed by atoms with Crippen molar-refractivity contribution in [2.45, 2.75) is 11.9 Å². The van der Waals surface area contributed by atoms with Crippen molar-refractivity contribution in [1.29, 1.82) is 0 Å². The van der Waals surface area contributed by atoms with E-state index in [4.69, 9.17) is 11.6 Å². The van der Waals surface area contributed by atoms with Crippen LogP contribution in [0.25, 0.3) is 5.82 Å². The minimum absolute atomic E-state index is 0.161. The number of halogens is 1. The van der Waals surface area contributed by atoms with E-state index < -0.39 is 0 Å². The zero-order valence-corrected chi connectivity index (χ0v) is 16.7. The van der Waals surface area contributed by atoms with Crippen molar-refractivity contribution in [3.05, 3.63) is 59.1 Å². The topological polar surface area (TPSA) is 102 Å². The molecule has 144 valence electrons. The molecule has 0 unspecified atom stereocenters. The number of carbonyl (C=O) groups excluding carboxylic acids is 2. The summed E-state index contributed by atoms with van der Waals surface area (Å²) in [6.07, 6.45) is 3.05. The van der Waals surface area contributed by atoms with Gasteiger partial charge in [0.1, 0.15) is 17.0 Å². The van der Waals surface area contributed by atoms with Gasteiger partial charge in [0.05, 0.1) is 5.75 Å². The summed E-state index contributed by atoms with van der Waals surface area (Å²) in [5, 5.41) is 14.8. The van der Waals surface area contributed by atoms with Crippen LogP contribution < -0.4 is 10.6 Å². The molecule has 0 aliphatic rings. The van der Waals surface area contributed by atoms with Gasteiger partial charge >= 0.3 is 0 Å². The second-order valence-electron chi connectivity index (χ2n) is 5.72. The fourth-order valence-corrected chi connectivity index (χ4v) is 3.08. The molecule has 0 bridgehead atoms. The first-order valence-electron chi connectivity index (χ1n) is 8.26. The van der Waals surface area contributed by atoms with Gasteiger partial charge in [0.25, 0.3) is 5.91 Å². The van der Waals surface area contributed by atoms with Crippen LogP contribution in [0, 0.1) is 6.92 Å². The van der Waals surface area contributed by atoms with Crippen LogP contribution in [0.3, 0.4) is 0 Å². The summed E-state index contributed by atoms with van der Waals surface area (Å²) in [6, 6.07) is 8.86. The highest BCUT2D eigenvalue weighted by molar-refractivity contribution is 7.99. The van der Waals surface area contributed by atoms with Gasteiger partial charge in [-0.3, -0.25) is 14.2 Å². The lowest BCUT2D eigenvalue weighted by molar-refractivity contribution is -0.113. The molecule has 3 aromatic rings. The molecular weight excluding hydrogens is 400 g/mol. The number of nitrogens with one attached hydrogen (secondary N) is 2. The fourth-order valence-electron chi connectivity index (χ4n) is 2.29. The molecule has 0 aliphatic heterocycles. The van der Waals surface area contributed by atoms with Crippen molar-refractivity contribution in [2.24, 2.45) is 0 Å². The van der Waals surface area contributed by atoms with Crippen LogP contribution in [0.15, 0.2) is 47.9 Å². The number of nitrogens with zero attached hydrogens (tertiary/aromatic N) is 4. The van der Waals surface area contributed by atoms with Crippen molar-refractivity contribution in [1.82, 2.24) is 25.1 Å². The molecule has 1 aromatic carbocycles. The summed E-state index contributed by atoms with van der Waals surface area (Å²) in [7, 11) is 1.54. The molecule has 0 saturated heterocycles. The number of hydrogen-bond acceptors (Lipinski definition) is 6. The second kappa shape index (κ2) is 8.85. The van der Waals surface area contributed by atoms with E-state index in [0.29, 0.717) is 21.6 Å². The summed E-state index contributed by atoms with van der Waals surface area (Å²) in [6.45, 7) is 1.85. The molecule has 28 heavy (non-hydrogen) atoms. The lowest BCUT2D eigenvalue weighted by atomic mass is 10.2. The maximum atomic E-state index is 12.2. The van der Waals surface area contributed by atoms with Gasteiger partial charge in [-0.15, -0.1) is 10.2 Å². The summed E-state index contributed by atoms with van der Waals surface area (Å²) in [5.74, 6) is 0.267. The Morgan fingerprint density at radius 3 is 2.75 bits per heavy atom. The molecular formula is C18H17ClN6O2S. The van der Waals surface area contributed by atoms with E-state index in [0.717, 1.165) is 5.56 Å². The average Bonchev–Trinajstić information content (AvgIpc) is 3.20. The minimum Gasteiger partial charge on any atom is -0.354 e. The smallest absolute Gasteiger partial charge is 0.271 e. The molecule has 2 heterocycles. The van der Waals surface area contributed by atoms with Crippen LogP contribution in [-0.4, -0.2) is 44.4 Å². The Kier molecular flexibility index (Phi) is 6.27. The lowest BCUT2D eigenvalue weighted by Gasteiger charge is -2.09. The maximum absolute atomic E-state index is 12.2. The van der Waals surface area contributed by atoms with Crippen molar-refractivity contribution >= 4 is 40.9 Å². The molecule has 0 atom stereocenters. The Hall–Kier alpha value is -2.91. The molecule has 0 fully saturated rings. The summed E-state index contributed by atoms with van der Waals surface area (Å²) in [4.78, 5) is 27.7. The number of benzene rings is 1. The third-order valence-electron chi connectivity index (χ3n) is 3.83. The molecule has 0 aliphatic carbocycles. The number of anilines is 1. The maximum Gasteiger partial charge on any atom is 0.271 e. The standard InChI is InChI=1S/C18H17ClN6O2S/c1-11-12(19)4-3-5-13(11)22-16(26)9-28-17-7-6-15(23-24-17)25-8-14(21-10-25)18(27)20-2/h3-8,10H,9H2,1-2H3,(H,20,27)(H,22,26). The molecule has 2 aromatic heterocycles. The monoisotopic (exact) mass is 416 g/mol. The number of amides is 2. The van der Waals surface area contributed by atoms with Gasteiger partial charge in [-0.2, -0.15) is 0 Å². The van der Waals surface area contributed by atoms with Gasteiger partial charge in [-0.1, -0.05) is 29.4 Å². The predicted molar refractivity (Wildman–Crippen MR) is 108 cm³/mol. The summed E-state index contributed by atoms with van der Waals surface area (Å²) >= 11 is 7.33. The number of aromatic nitrogens is 4. The van der Waals surface area contributed by atoms with E-state index in [1.54, 1.807) is 41.1 Å². The third-order valence-corrected chi connectivity index (χ3v) is 5.16. The largest absolute Gasteiger partial charge is 0.354 e. The van der Waals surface area contributed by atoms with Crippen molar-refractivity contribution in [2.75, 3.05) is 18.1 Å². The third kappa shape index (κ3) is 4.68. The molecule has 2 N–H and O–H groups in total. The van der Waals surface area contributed by atoms with Gasteiger partial charge < -0.3 is 10.6 Å². The van der Waals surface area contributed by atoms with Crippen LogP contribution in [0.2, 0.25) is 5.02 Å². The van der Waals surface area contributed by atoms with E-state index in [1.807, 2.05) is 6.92 Å². The molecule has 8 nitrogen and oxygen atoms in total. The molecule has 0 saturated carbocycles. The highest BCUT2D eigenvalue weighted by atomic mass is 35.5. The quantitative estimate of drug-likeness (QED) is 0.599. The molecule has 2 amide bonds. The number of thioether (sulfide) groups is 1. The predicted octanol–water partition coefficient (Wildman–Crippen LogP) is 2.71. The Balaban J connectivity index is 1.58. The molecule has 3 rings (SSSR count). The highest BCUT2D eigenvalue weighted by Gasteiger charge is 2.10. The van der Waals surface area contributed by atoms with Gasteiger partial charge in [-0.25, -0.2) is 4.98 Å². The van der Waals surface area contributed by atoms with Crippen molar-refractivity contribution in [3.8, 4) is 5.82 Å². The minimum atomic E-state index is -0.278. The zero-order valence-electron chi connectivity index (χ0n) is 15.1. The second-order valence-corrected chi connectivity index (χ2v) is 7.13. The summed E-state index contributed by atoms with van der Waals surface area (Å²) < 4.78 is 1.60. The van der Waals surface area contributed by atoms with E-state index in [9.17, 15) is 9.59 Å². The Labute approximate surface area is 170 Å². The SMILES string of the molecule is CNC(=O)c1cn(-c2ccc(SCC(=O)Nc3cccc(Cl)c3C)nn2)cn1. The summed E-state index contributed by atoms with van der Waals surface area (Å²) in [5.41, 5.74) is 1.80. The average molecular weight is 417 g/mol. The first-order valence-corrected chi connectivity index (χ1v) is 9.62. The number of hydrogen-bond donors (Lipinski definition) is 2. The van der Waals surface area contributed by atoms with Crippen LogP contribution in [-0.2, 0) is 4.79 Å². The highest BCUT2D eigenvalue weighted by Crippen LogP contribution is 2.23. The van der Waals surface area contributed by atoms with Crippen molar-refractivity contribution in [3.63, 3.8) is 0 Å². The van der Waals surface area contributed by atoms with Gasteiger partial charge in [0, 0.05) is 24.0 Å². The first-order chi connectivity index (χ1) is 13.5. The fraction of sp³-hybridized carbons (Fsp3) is 0.167. The van der Waals surface area contributed by atoms with E-state index in [1.165, 1.54) is 25.1 Å². The number of carbonyl (C=O) groups is 2.